The highest BCUT2D eigenvalue weighted by Gasteiger charge is 2.28. The number of carbonyl (C=O) groups is 1. The normalized spacial score (nSPS) is 23.8. The average Bonchev–Trinajstić information content (AvgIpc) is 2.29. The smallest absolute Gasteiger partial charge is 0.123 e. The van der Waals surface area contributed by atoms with Gasteiger partial charge in [-0.3, -0.25) is 0 Å². The molecule has 16 heavy (non-hydrogen) atoms. The first kappa shape index (κ1) is 13.5. The van der Waals surface area contributed by atoms with Crippen molar-refractivity contribution >= 4 is 6.29 Å². The molecule has 0 radical (unpaired) electrons. The fourth-order valence-electron chi connectivity index (χ4n) is 2.53. The van der Waals surface area contributed by atoms with Crippen LogP contribution in [0.2, 0.25) is 0 Å². The van der Waals surface area contributed by atoms with E-state index in [4.69, 9.17) is 0 Å². The van der Waals surface area contributed by atoms with E-state index in [1.165, 1.54) is 31.3 Å². The number of hydrogen-bond donors (Lipinski definition) is 0. The Balaban J connectivity index is 2.51. The molecule has 0 saturated carbocycles. The van der Waals surface area contributed by atoms with Gasteiger partial charge in [-0.2, -0.15) is 0 Å². The second-order valence-corrected chi connectivity index (χ2v) is 5.99. The molecule has 92 valence electrons. The number of carbonyl (C=O) groups excluding carboxylic acids is 1. The number of aldehydes is 1. The van der Waals surface area contributed by atoms with Crippen molar-refractivity contribution in [3.8, 4) is 0 Å². The van der Waals surface area contributed by atoms with Crippen LogP contribution in [-0.2, 0) is 4.79 Å². The minimum atomic E-state index is 0.196. The third-order valence-electron chi connectivity index (χ3n) is 4.34. The number of hydrogen-bond acceptors (Lipinski definition) is 1. The van der Waals surface area contributed by atoms with Crippen molar-refractivity contribution < 1.29 is 4.79 Å². The second kappa shape index (κ2) is 5.65. The van der Waals surface area contributed by atoms with Gasteiger partial charge in [0, 0.05) is 5.92 Å². The van der Waals surface area contributed by atoms with Gasteiger partial charge in [0.2, 0.25) is 0 Å². The summed E-state index contributed by atoms with van der Waals surface area (Å²) in [6.07, 6.45) is 9.41. The van der Waals surface area contributed by atoms with E-state index in [2.05, 4.69) is 26.8 Å². The molecule has 1 heteroatoms. The van der Waals surface area contributed by atoms with Crippen molar-refractivity contribution in [1.29, 1.82) is 0 Å². The topological polar surface area (TPSA) is 17.1 Å². The van der Waals surface area contributed by atoms with Gasteiger partial charge in [-0.25, -0.2) is 0 Å². The maximum Gasteiger partial charge on any atom is 0.123 e. The molecule has 0 spiro atoms. The maximum atomic E-state index is 10.6. The van der Waals surface area contributed by atoms with Crippen LogP contribution in [0.1, 0.15) is 59.8 Å². The molecular formula is C15H26O. The van der Waals surface area contributed by atoms with Crippen LogP contribution < -0.4 is 0 Å². The predicted molar refractivity (Wildman–Crippen MR) is 69.3 cm³/mol. The molecule has 1 aliphatic carbocycles. The third-order valence-corrected chi connectivity index (χ3v) is 4.34. The summed E-state index contributed by atoms with van der Waals surface area (Å²) in [7, 11) is 0. The summed E-state index contributed by atoms with van der Waals surface area (Å²) in [5.74, 6) is 1.02. The molecule has 2 unspecified atom stereocenters. The highest BCUT2D eigenvalue weighted by Crippen LogP contribution is 2.40. The summed E-state index contributed by atoms with van der Waals surface area (Å²) >= 11 is 0. The first-order chi connectivity index (χ1) is 7.49. The van der Waals surface area contributed by atoms with Crippen LogP contribution in [0.5, 0.6) is 0 Å². The molecule has 2 atom stereocenters. The standard InChI is InChI=1S/C15H26O/c1-5-15(3,4)14-8-6-13(7-9-14)10-12(2)11-16/h6,11-12,14H,5,7-10H2,1-4H3. The molecule has 0 saturated heterocycles. The van der Waals surface area contributed by atoms with E-state index in [0.717, 1.165) is 18.6 Å². The lowest BCUT2D eigenvalue weighted by Crippen LogP contribution is -2.25. The van der Waals surface area contributed by atoms with Crippen LogP contribution in [-0.4, -0.2) is 6.29 Å². The van der Waals surface area contributed by atoms with Gasteiger partial charge >= 0.3 is 0 Å². The Bertz CT molecular complexity index is 263. The summed E-state index contributed by atoms with van der Waals surface area (Å²) < 4.78 is 0. The zero-order valence-corrected chi connectivity index (χ0v) is 11.3. The van der Waals surface area contributed by atoms with Crippen molar-refractivity contribution in [2.24, 2.45) is 17.3 Å². The largest absolute Gasteiger partial charge is 0.303 e. The van der Waals surface area contributed by atoms with Gasteiger partial charge in [-0.05, 0) is 37.0 Å². The summed E-state index contributed by atoms with van der Waals surface area (Å²) in [6, 6.07) is 0. The highest BCUT2D eigenvalue weighted by atomic mass is 16.1. The van der Waals surface area contributed by atoms with Crippen LogP contribution >= 0.6 is 0 Å². The fourth-order valence-corrected chi connectivity index (χ4v) is 2.53. The van der Waals surface area contributed by atoms with Crippen LogP contribution in [0.3, 0.4) is 0 Å². The summed E-state index contributed by atoms with van der Waals surface area (Å²) in [4.78, 5) is 10.6. The molecular weight excluding hydrogens is 196 g/mol. The van der Waals surface area contributed by atoms with E-state index < -0.39 is 0 Å². The minimum absolute atomic E-state index is 0.196. The molecule has 0 fully saturated rings. The quantitative estimate of drug-likeness (QED) is 0.498. The van der Waals surface area contributed by atoms with Crippen molar-refractivity contribution in [2.75, 3.05) is 0 Å². The predicted octanol–water partition coefficient (Wildman–Crippen LogP) is 4.37. The van der Waals surface area contributed by atoms with E-state index in [0.29, 0.717) is 5.41 Å². The van der Waals surface area contributed by atoms with Gasteiger partial charge in [0.25, 0.3) is 0 Å². The van der Waals surface area contributed by atoms with Gasteiger partial charge in [0.1, 0.15) is 6.29 Å². The van der Waals surface area contributed by atoms with Gasteiger partial charge < -0.3 is 4.79 Å². The fraction of sp³-hybridized carbons (Fsp3) is 0.800. The van der Waals surface area contributed by atoms with Gasteiger partial charge in [0.05, 0.1) is 0 Å². The second-order valence-electron chi connectivity index (χ2n) is 5.99. The van der Waals surface area contributed by atoms with Gasteiger partial charge in [-0.15, -0.1) is 0 Å². The SMILES string of the molecule is CCC(C)(C)C1CC=C(CC(C)C=O)CC1. The first-order valence-electron chi connectivity index (χ1n) is 6.62. The Morgan fingerprint density at radius 3 is 2.69 bits per heavy atom. The summed E-state index contributed by atoms with van der Waals surface area (Å²) in [5, 5.41) is 0. The Hall–Kier alpha value is -0.590. The van der Waals surface area contributed by atoms with Crippen LogP contribution in [0.25, 0.3) is 0 Å². The molecule has 0 heterocycles. The number of rotatable bonds is 5. The van der Waals surface area contributed by atoms with E-state index in [9.17, 15) is 4.79 Å². The Labute approximate surface area is 100 Å². The summed E-state index contributed by atoms with van der Waals surface area (Å²) in [5.41, 5.74) is 1.97. The molecule has 0 aliphatic heterocycles. The lowest BCUT2D eigenvalue weighted by atomic mass is 9.70. The van der Waals surface area contributed by atoms with Crippen molar-refractivity contribution in [2.45, 2.75) is 59.8 Å². The van der Waals surface area contributed by atoms with Crippen LogP contribution in [0.4, 0.5) is 0 Å². The Morgan fingerprint density at radius 1 is 1.56 bits per heavy atom. The maximum absolute atomic E-state index is 10.6. The van der Waals surface area contributed by atoms with Crippen molar-refractivity contribution in [3.63, 3.8) is 0 Å². The van der Waals surface area contributed by atoms with E-state index >= 15 is 0 Å². The monoisotopic (exact) mass is 222 g/mol. The van der Waals surface area contributed by atoms with Crippen LogP contribution in [0, 0.1) is 17.3 Å². The molecule has 0 aromatic rings. The summed E-state index contributed by atoms with van der Waals surface area (Å²) in [6.45, 7) is 9.05. The molecule has 1 nitrogen and oxygen atoms in total. The molecule has 0 amide bonds. The number of allylic oxidation sites excluding steroid dienone is 2. The Kier molecular flexibility index (Phi) is 4.76. The van der Waals surface area contributed by atoms with Crippen molar-refractivity contribution in [1.82, 2.24) is 0 Å². The average molecular weight is 222 g/mol. The Morgan fingerprint density at radius 2 is 2.25 bits per heavy atom. The minimum Gasteiger partial charge on any atom is -0.303 e. The van der Waals surface area contributed by atoms with Gasteiger partial charge in [-0.1, -0.05) is 45.8 Å². The zero-order valence-electron chi connectivity index (χ0n) is 11.3. The van der Waals surface area contributed by atoms with E-state index in [1.54, 1.807) is 0 Å². The van der Waals surface area contributed by atoms with Gasteiger partial charge in [0.15, 0.2) is 0 Å². The molecule has 0 bridgehead atoms. The molecule has 0 N–H and O–H groups in total. The molecule has 0 aromatic heterocycles. The molecule has 0 aromatic carbocycles. The zero-order chi connectivity index (χ0) is 12.2. The lowest BCUT2D eigenvalue weighted by molar-refractivity contribution is -0.110. The van der Waals surface area contributed by atoms with E-state index in [1.807, 2.05) is 6.92 Å². The van der Waals surface area contributed by atoms with E-state index in [-0.39, 0.29) is 5.92 Å². The highest BCUT2D eigenvalue weighted by molar-refractivity contribution is 5.53. The third kappa shape index (κ3) is 3.47. The first-order valence-corrected chi connectivity index (χ1v) is 6.62. The lowest BCUT2D eigenvalue weighted by Gasteiger charge is -2.36. The molecule has 1 rings (SSSR count). The molecule has 1 aliphatic rings. The van der Waals surface area contributed by atoms with Crippen molar-refractivity contribution in [3.05, 3.63) is 11.6 Å². The van der Waals surface area contributed by atoms with Crippen LogP contribution in [0.15, 0.2) is 11.6 Å².